The van der Waals surface area contributed by atoms with Crippen molar-refractivity contribution in [2.75, 3.05) is 12.8 Å². The summed E-state index contributed by atoms with van der Waals surface area (Å²) in [5, 5.41) is 0. The van der Waals surface area contributed by atoms with Gasteiger partial charge in [0.2, 0.25) is 0 Å². The average molecular weight is 201 g/mol. The van der Waals surface area contributed by atoms with Gasteiger partial charge in [-0.3, -0.25) is 0 Å². The molecule has 50 valence electrons. The monoisotopic (exact) mass is 202 g/mol. The van der Waals surface area contributed by atoms with Crippen molar-refractivity contribution in [3.8, 4) is 0 Å². The molecule has 0 aromatic rings. The summed E-state index contributed by atoms with van der Waals surface area (Å²) in [4.78, 5) is 9.16. The van der Waals surface area contributed by atoms with Crippen LogP contribution >= 0.6 is 5.96 Å². The van der Waals surface area contributed by atoms with Crippen molar-refractivity contribution in [1.82, 2.24) is 0 Å². The maximum atomic E-state index is 9.16. The van der Waals surface area contributed by atoms with Gasteiger partial charge in [0.05, 0.1) is 0 Å². The fourth-order valence-corrected chi connectivity index (χ4v) is 1.54. The van der Waals surface area contributed by atoms with Crippen molar-refractivity contribution >= 4 is 21.1 Å². The Kier molecular flexibility index (Phi) is 4.23. The van der Waals surface area contributed by atoms with Crippen LogP contribution in [0.2, 0.25) is 0 Å². The molecule has 8 heavy (non-hydrogen) atoms. The molecule has 2 nitrogen and oxygen atoms in total. The summed E-state index contributed by atoms with van der Waals surface area (Å²) in [5.74, 6) is -2.05. The molecule has 0 aliphatic carbocycles. The summed E-state index contributed by atoms with van der Waals surface area (Å²) < 4.78 is 4.99. The van der Waals surface area contributed by atoms with Crippen molar-refractivity contribution in [2.24, 2.45) is 0 Å². The molecule has 0 heterocycles. The predicted octanol–water partition coefficient (Wildman–Crippen LogP) is 0.966. The van der Waals surface area contributed by atoms with Crippen molar-refractivity contribution in [1.29, 1.82) is 0 Å². The molecule has 0 saturated carbocycles. The molecule has 4 heteroatoms. The standard InChI is InChI=1S/C4H11O2PSe/c1-3-6-7(5,8)4-2/h3-4H2,1-2H3,(H,5,8). The van der Waals surface area contributed by atoms with E-state index >= 15 is 0 Å². The van der Waals surface area contributed by atoms with Crippen LogP contribution in [-0.4, -0.2) is 32.8 Å². The summed E-state index contributed by atoms with van der Waals surface area (Å²) >= 11 is 2.65. The second-order valence-corrected chi connectivity index (χ2v) is 7.13. The molecule has 0 saturated heterocycles. The first kappa shape index (κ1) is 8.87. The summed E-state index contributed by atoms with van der Waals surface area (Å²) in [6.07, 6.45) is 0.695. The zero-order valence-electron chi connectivity index (χ0n) is 5.13. The quantitative estimate of drug-likeness (QED) is 0.544. The van der Waals surface area contributed by atoms with E-state index in [1.807, 2.05) is 13.8 Å². The van der Waals surface area contributed by atoms with E-state index in [0.29, 0.717) is 12.8 Å². The minimum absolute atomic E-state index is 0.588. The molecule has 1 atom stereocenters. The first-order valence-corrected chi connectivity index (χ1v) is 6.65. The Morgan fingerprint density at radius 3 is 2.25 bits per heavy atom. The van der Waals surface area contributed by atoms with Crippen LogP contribution in [-0.2, 0) is 4.52 Å². The topological polar surface area (TPSA) is 29.5 Å². The van der Waals surface area contributed by atoms with Crippen LogP contribution in [0.25, 0.3) is 0 Å². The summed E-state index contributed by atoms with van der Waals surface area (Å²) in [6.45, 7) is 4.36. The van der Waals surface area contributed by atoms with Gasteiger partial charge in [0.1, 0.15) is 0 Å². The van der Waals surface area contributed by atoms with Gasteiger partial charge >= 0.3 is 57.1 Å². The molecule has 0 aromatic heterocycles. The third kappa shape index (κ3) is 3.82. The molecule has 0 aliphatic rings. The molecule has 0 radical (unpaired) electrons. The third-order valence-electron chi connectivity index (χ3n) is 0.730. The predicted molar refractivity (Wildman–Crippen MR) is 37.1 cm³/mol. The second-order valence-electron chi connectivity index (χ2n) is 1.37. The summed E-state index contributed by atoms with van der Waals surface area (Å²) in [5.41, 5.74) is 0. The van der Waals surface area contributed by atoms with Crippen LogP contribution in [0.4, 0.5) is 0 Å². The van der Waals surface area contributed by atoms with E-state index in [0.717, 1.165) is 0 Å². The van der Waals surface area contributed by atoms with E-state index in [-0.39, 0.29) is 0 Å². The van der Waals surface area contributed by atoms with E-state index < -0.39 is 5.96 Å². The molecule has 0 fully saturated rings. The van der Waals surface area contributed by atoms with E-state index in [2.05, 4.69) is 15.1 Å². The molecule has 0 spiro atoms. The normalized spacial score (nSPS) is 17.9. The minimum atomic E-state index is -2.05. The van der Waals surface area contributed by atoms with Gasteiger partial charge < -0.3 is 0 Å². The number of hydrogen-bond acceptors (Lipinski definition) is 2. The molecule has 0 rings (SSSR count). The van der Waals surface area contributed by atoms with Gasteiger partial charge in [-0.25, -0.2) is 0 Å². The van der Waals surface area contributed by atoms with Crippen LogP contribution in [0, 0.1) is 0 Å². The van der Waals surface area contributed by atoms with Crippen LogP contribution in [0.5, 0.6) is 0 Å². The van der Waals surface area contributed by atoms with Crippen molar-refractivity contribution < 1.29 is 9.42 Å². The van der Waals surface area contributed by atoms with Crippen molar-refractivity contribution in [3.05, 3.63) is 0 Å². The van der Waals surface area contributed by atoms with Gasteiger partial charge in [-0.15, -0.1) is 0 Å². The molecular formula is C4H11O2PSe. The SMILES string of the molecule is CCOP(O)(=[Se])CC. The molecule has 1 N–H and O–H groups in total. The van der Waals surface area contributed by atoms with Crippen LogP contribution in [0.15, 0.2) is 0 Å². The van der Waals surface area contributed by atoms with E-state index in [1.165, 1.54) is 0 Å². The summed E-state index contributed by atoms with van der Waals surface area (Å²) in [6, 6.07) is 0. The Hall–Kier alpha value is 0.869. The van der Waals surface area contributed by atoms with E-state index in [9.17, 15) is 0 Å². The van der Waals surface area contributed by atoms with E-state index in [1.54, 1.807) is 0 Å². The molecule has 1 unspecified atom stereocenters. The molecular weight excluding hydrogens is 190 g/mol. The van der Waals surface area contributed by atoms with Gasteiger partial charge in [0, 0.05) is 0 Å². The molecule has 0 bridgehead atoms. The zero-order valence-corrected chi connectivity index (χ0v) is 7.73. The first-order valence-electron chi connectivity index (χ1n) is 2.58. The van der Waals surface area contributed by atoms with Crippen LogP contribution in [0.3, 0.4) is 0 Å². The molecule has 0 amide bonds. The van der Waals surface area contributed by atoms with Gasteiger partial charge in [-0.2, -0.15) is 0 Å². The fourth-order valence-electron chi connectivity index (χ4n) is 0.293. The van der Waals surface area contributed by atoms with Gasteiger partial charge in [-0.1, -0.05) is 0 Å². The van der Waals surface area contributed by atoms with Crippen molar-refractivity contribution in [2.45, 2.75) is 13.8 Å². The average Bonchev–Trinajstić information content (AvgIpc) is 1.67. The maximum absolute atomic E-state index is 9.16. The molecule has 0 aromatic carbocycles. The van der Waals surface area contributed by atoms with Gasteiger partial charge in [0.25, 0.3) is 0 Å². The Morgan fingerprint density at radius 1 is 1.62 bits per heavy atom. The Morgan fingerprint density at radius 2 is 2.12 bits per heavy atom. The molecule has 0 aliphatic heterocycles. The number of hydrogen-bond donors (Lipinski definition) is 1. The van der Waals surface area contributed by atoms with Crippen LogP contribution in [0.1, 0.15) is 13.8 Å². The van der Waals surface area contributed by atoms with E-state index in [4.69, 9.17) is 9.42 Å². The zero-order chi connectivity index (χ0) is 6.62. The number of rotatable bonds is 3. The first-order chi connectivity index (χ1) is 3.62. The second kappa shape index (κ2) is 3.81. The Balaban J connectivity index is 3.55. The van der Waals surface area contributed by atoms with Crippen molar-refractivity contribution in [3.63, 3.8) is 0 Å². The fraction of sp³-hybridized carbons (Fsp3) is 1.00. The Labute approximate surface area is 57.6 Å². The Bertz CT molecular complexity index is 104. The third-order valence-corrected chi connectivity index (χ3v) is 4.48. The van der Waals surface area contributed by atoms with Gasteiger partial charge in [-0.05, 0) is 0 Å². The van der Waals surface area contributed by atoms with Gasteiger partial charge in [0.15, 0.2) is 0 Å². The summed E-state index contributed by atoms with van der Waals surface area (Å²) in [7, 11) is 0. The van der Waals surface area contributed by atoms with Crippen LogP contribution < -0.4 is 0 Å².